The fourth-order valence-electron chi connectivity index (χ4n) is 1.65. The number of pyridine rings is 1. The molecule has 0 atom stereocenters. The third-order valence-electron chi connectivity index (χ3n) is 2.40. The molecule has 0 amide bonds. The van der Waals surface area contributed by atoms with Crippen LogP contribution in [0.5, 0.6) is 0 Å². The molecule has 3 aromatic rings. The van der Waals surface area contributed by atoms with Gasteiger partial charge in [-0.15, -0.1) is 0 Å². The summed E-state index contributed by atoms with van der Waals surface area (Å²) in [5, 5.41) is 0.700. The molecule has 0 saturated heterocycles. The van der Waals surface area contributed by atoms with E-state index in [0.29, 0.717) is 5.02 Å². The molecule has 0 radical (unpaired) electrons. The van der Waals surface area contributed by atoms with Gasteiger partial charge in [-0.2, -0.15) is 0 Å². The van der Waals surface area contributed by atoms with Crippen LogP contribution in [0.2, 0.25) is 5.02 Å². The minimum Gasteiger partial charge on any atom is -0.454 e. The third-order valence-corrected chi connectivity index (χ3v) is 2.63. The van der Waals surface area contributed by atoms with Crippen molar-refractivity contribution in [2.75, 3.05) is 0 Å². The van der Waals surface area contributed by atoms with Crippen molar-refractivity contribution < 1.29 is 4.42 Å². The maximum atomic E-state index is 5.94. The molecule has 0 saturated carbocycles. The van der Waals surface area contributed by atoms with Gasteiger partial charge in [-0.3, -0.25) is 4.98 Å². The minimum absolute atomic E-state index is 0.700. The summed E-state index contributed by atoms with van der Waals surface area (Å²) in [5.41, 5.74) is 2.61. The van der Waals surface area contributed by atoms with Crippen LogP contribution in [0.15, 0.2) is 53.1 Å². The van der Waals surface area contributed by atoms with Crippen molar-refractivity contribution >= 4 is 22.7 Å². The monoisotopic (exact) mass is 229 g/mol. The van der Waals surface area contributed by atoms with Crippen molar-refractivity contribution in [1.82, 2.24) is 4.98 Å². The molecule has 2 heterocycles. The fourth-order valence-corrected chi connectivity index (χ4v) is 1.84. The first kappa shape index (κ1) is 9.43. The number of halogens is 1. The van der Waals surface area contributed by atoms with Gasteiger partial charge in [0.1, 0.15) is 11.3 Å². The first-order valence-corrected chi connectivity index (χ1v) is 5.31. The summed E-state index contributed by atoms with van der Waals surface area (Å²) in [6.07, 6.45) is 1.75. The molecular formula is C13H8ClNO. The molecule has 16 heavy (non-hydrogen) atoms. The van der Waals surface area contributed by atoms with Crippen molar-refractivity contribution in [1.29, 1.82) is 0 Å². The van der Waals surface area contributed by atoms with Crippen molar-refractivity contribution in [3.8, 4) is 11.3 Å². The lowest BCUT2D eigenvalue weighted by Gasteiger charge is -1.95. The number of aromatic nitrogens is 1. The first-order chi connectivity index (χ1) is 7.83. The zero-order valence-electron chi connectivity index (χ0n) is 8.35. The first-order valence-electron chi connectivity index (χ1n) is 4.93. The number of hydrogen-bond donors (Lipinski definition) is 0. The highest BCUT2D eigenvalue weighted by atomic mass is 35.5. The molecule has 0 bridgehead atoms. The second kappa shape index (κ2) is 3.65. The lowest BCUT2D eigenvalue weighted by atomic mass is 10.2. The van der Waals surface area contributed by atoms with E-state index in [2.05, 4.69) is 4.98 Å². The van der Waals surface area contributed by atoms with Gasteiger partial charge in [0.2, 0.25) is 0 Å². The van der Waals surface area contributed by atoms with Crippen LogP contribution in [0.4, 0.5) is 0 Å². The summed E-state index contributed by atoms with van der Waals surface area (Å²) in [4.78, 5) is 4.22. The van der Waals surface area contributed by atoms with Gasteiger partial charge in [0.25, 0.3) is 0 Å². The van der Waals surface area contributed by atoms with Crippen LogP contribution in [-0.2, 0) is 0 Å². The van der Waals surface area contributed by atoms with Crippen LogP contribution in [0.3, 0.4) is 0 Å². The van der Waals surface area contributed by atoms with E-state index in [4.69, 9.17) is 16.0 Å². The summed E-state index contributed by atoms with van der Waals surface area (Å²) < 4.78 is 5.69. The Morgan fingerprint density at radius 3 is 2.81 bits per heavy atom. The summed E-state index contributed by atoms with van der Waals surface area (Å²) in [7, 11) is 0. The number of fused-ring (bicyclic) bond motifs is 1. The molecule has 2 nitrogen and oxygen atoms in total. The molecule has 2 aromatic heterocycles. The molecule has 0 fully saturated rings. The zero-order valence-corrected chi connectivity index (χ0v) is 9.11. The van der Waals surface area contributed by atoms with Crippen molar-refractivity contribution in [2.45, 2.75) is 0 Å². The van der Waals surface area contributed by atoms with Crippen LogP contribution < -0.4 is 0 Å². The molecule has 78 valence electrons. The molecule has 0 aliphatic heterocycles. The van der Waals surface area contributed by atoms with Gasteiger partial charge >= 0.3 is 0 Å². The van der Waals surface area contributed by atoms with E-state index in [1.807, 2.05) is 42.5 Å². The summed E-state index contributed by atoms with van der Waals surface area (Å²) >= 11 is 5.94. The summed E-state index contributed by atoms with van der Waals surface area (Å²) in [6.45, 7) is 0. The molecular weight excluding hydrogens is 222 g/mol. The Morgan fingerprint density at radius 1 is 1.06 bits per heavy atom. The van der Waals surface area contributed by atoms with Gasteiger partial charge < -0.3 is 4.42 Å². The van der Waals surface area contributed by atoms with E-state index in [-0.39, 0.29) is 0 Å². The Morgan fingerprint density at radius 2 is 2.00 bits per heavy atom. The molecule has 0 spiro atoms. The van der Waals surface area contributed by atoms with Gasteiger partial charge in [-0.1, -0.05) is 23.7 Å². The number of benzene rings is 1. The predicted molar refractivity (Wildman–Crippen MR) is 64.5 cm³/mol. The van der Waals surface area contributed by atoms with Crippen LogP contribution >= 0.6 is 11.6 Å². The smallest absolute Gasteiger partial charge is 0.153 e. The molecule has 0 aliphatic rings. The number of nitrogens with zero attached hydrogens (tertiary/aromatic N) is 1. The maximum absolute atomic E-state index is 5.94. The standard InChI is InChI=1S/C13H8ClNO/c14-10-4-1-3-9(7-10)13-8-11-12(16-13)5-2-6-15-11/h1-8H. The molecule has 0 N–H and O–H groups in total. The Labute approximate surface area is 97.5 Å². The van der Waals surface area contributed by atoms with Crippen LogP contribution in [0.25, 0.3) is 22.4 Å². The Balaban J connectivity index is 2.19. The zero-order chi connectivity index (χ0) is 11.0. The SMILES string of the molecule is Clc1cccc(-c2cc3ncccc3o2)c1. The van der Waals surface area contributed by atoms with E-state index in [0.717, 1.165) is 22.4 Å². The Hall–Kier alpha value is -1.80. The van der Waals surface area contributed by atoms with Crippen LogP contribution in [-0.4, -0.2) is 4.98 Å². The lowest BCUT2D eigenvalue weighted by Crippen LogP contribution is -1.72. The molecule has 3 heteroatoms. The number of rotatable bonds is 1. The van der Waals surface area contributed by atoms with Crippen LogP contribution in [0, 0.1) is 0 Å². The highest BCUT2D eigenvalue weighted by molar-refractivity contribution is 6.30. The molecule has 0 aliphatic carbocycles. The van der Waals surface area contributed by atoms with E-state index in [1.165, 1.54) is 0 Å². The van der Waals surface area contributed by atoms with Crippen molar-refractivity contribution in [3.63, 3.8) is 0 Å². The van der Waals surface area contributed by atoms with Gasteiger partial charge in [0.05, 0.1) is 0 Å². The predicted octanol–water partition coefficient (Wildman–Crippen LogP) is 4.15. The second-order valence-corrected chi connectivity index (χ2v) is 3.94. The van der Waals surface area contributed by atoms with E-state index < -0.39 is 0 Å². The third kappa shape index (κ3) is 1.57. The largest absolute Gasteiger partial charge is 0.454 e. The minimum atomic E-state index is 0.700. The topological polar surface area (TPSA) is 26.0 Å². The number of furan rings is 1. The average molecular weight is 230 g/mol. The van der Waals surface area contributed by atoms with Gasteiger partial charge in [-0.05, 0) is 24.3 Å². The Bertz CT molecular complexity index is 612. The van der Waals surface area contributed by atoms with E-state index >= 15 is 0 Å². The quantitative estimate of drug-likeness (QED) is 0.627. The van der Waals surface area contributed by atoms with Crippen molar-refractivity contribution in [3.05, 3.63) is 53.7 Å². The van der Waals surface area contributed by atoms with Gasteiger partial charge in [-0.25, -0.2) is 0 Å². The van der Waals surface area contributed by atoms with E-state index in [1.54, 1.807) is 6.20 Å². The average Bonchev–Trinajstić information content (AvgIpc) is 2.72. The van der Waals surface area contributed by atoms with Gasteiger partial charge in [0.15, 0.2) is 5.58 Å². The normalized spacial score (nSPS) is 10.8. The van der Waals surface area contributed by atoms with Crippen LogP contribution in [0.1, 0.15) is 0 Å². The highest BCUT2D eigenvalue weighted by Gasteiger charge is 2.06. The van der Waals surface area contributed by atoms with E-state index in [9.17, 15) is 0 Å². The summed E-state index contributed by atoms with van der Waals surface area (Å²) in [5.74, 6) is 0.788. The lowest BCUT2D eigenvalue weighted by molar-refractivity contribution is 0.631. The maximum Gasteiger partial charge on any atom is 0.153 e. The Kier molecular flexibility index (Phi) is 2.15. The molecule has 3 rings (SSSR count). The van der Waals surface area contributed by atoms with Crippen molar-refractivity contribution in [2.24, 2.45) is 0 Å². The summed E-state index contributed by atoms with van der Waals surface area (Å²) in [6, 6.07) is 13.2. The number of hydrogen-bond acceptors (Lipinski definition) is 2. The van der Waals surface area contributed by atoms with Gasteiger partial charge in [0, 0.05) is 22.8 Å². The second-order valence-electron chi connectivity index (χ2n) is 3.51. The molecule has 1 aromatic carbocycles. The molecule has 0 unspecified atom stereocenters. The highest BCUT2D eigenvalue weighted by Crippen LogP contribution is 2.27. The fraction of sp³-hybridized carbons (Fsp3) is 0.